The van der Waals surface area contributed by atoms with Gasteiger partial charge in [-0.25, -0.2) is 9.97 Å². The minimum Gasteiger partial charge on any atom is -0.392 e. The molecule has 0 spiro atoms. The second-order valence-electron chi connectivity index (χ2n) is 4.35. The Labute approximate surface area is 90.0 Å². The number of hydrogen-bond donors (Lipinski definition) is 1. The highest BCUT2D eigenvalue weighted by Crippen LogP contribution is 2.33. The van der Waals surface area contributed by atoms with Gasteiger partial charge >= 0.3 is 0 Å². The molecule has 0 aromatic carbocycles. The fourth-order valence-electron chi connectivity index (χ4n) is 1.58. The normalized spacial score (nSPS) is 17.5. The molecular weight excluding hydrogens is 190 g/mol. The van der Waals surface area contributed by atoms with Gasteiger partial charge in [-0.2, -0.15) is 0 Å². The molecule has 82 valence electrons. The lowest BCUT2D eigenvalue weighted by Crippen LogP contribution is -2.17. The predicted molar refractivity (Wildman–Crippen MR) is 58.8 cm³/mol. The molecule has 1 N–H and O–H groups in total. The van der Waals surface area contributed by atoms with E-state index in [1.54, 1.807) is 6.20 Å². The lowest BCUT2D eigenvalue weighted by molar-refractivity contribution is 0.150. The van der Waals surface area contributed by atoms with Crippen LogP contribution in [0.3, 0.4) is 0 Å². The molecule has 0 saturated heterocycles. The Kier molecular flexibility index (Phi) is 2.86. The van der Waals surface area contributed by atoms with Crippen molar-refractivity contribution in [1.82, 2.24) is 9.97 Å². The van der Waals surface area contributed by atoms with Gasteiger partial charge in [-0.1, -0.05) is 0 Å². The molecule has 0 bridgehead atoms. The van der Waals surface area contributed by atoms with Crippen LogP contribution in [-0.2, 0) is 6.42 Å². The maximum atomic E-state index is 9.80. The first-order valence-electron chi connectivity index (χ1n) is 5.34. The first kappa shape index (κ1) is 10.4. The van der Waals surface area contributed by atoms with Crippen LogP contribution < -0.4 is 4.90 Å². The molecule has 1 aliphatic rings. The number of anilines is 1. The number of aromatic nitrogens is 2. The van der Waals surface area contributed by atoms with E-state index < -0.39 is 0 Å². The van der Waals surface area contributed by atoms with Crippen molar-refractivity contribution in [2.45, 2.75) is 25.4 Å². The van der Waals surface area contributed by atoms with E-state index in [1.807, 2.05) is 25.1 Å². The number of rotatable bonds is 4. The van der Waals surface area contributed by atoms with Gasteiger partial charge in [0.15, 0.2) is 0 Å². The summed E-state index contributed by atoms with van der Waals surface area (Å²) >= 11 is 0. The average Bonchev–Trinajstić information content (AvgIpc) is 3.01. The fourth-order valence-corrected chi connectivity index (χ4v) is 1.58. The minimum absolute atomic E-state index is 0.227. The van der Waals surface area contributed by atoms with Gasteiger partial charge in [0.1, 0.15) is 0 Å². The van der Waals surface area contributed by atoms with Crippen LogP contribution in [0.4, 0.5) is 5.95 Å². The topological polar surface area (TPSA) is 49.2 Å². The highest BCUT2D eigenvalue weighted by Gasteiger charge is 2.29. The Hall–Kier alpha value is -1.16. The summed E-state index contributed by atoms with van der Waals surface area (Å²) in [6.45, 7) is 0. The molecule has 1 fully saturated rings. The van der Waals surface area contributed by atoms with Crippen molar-refractivity contribution >= 4 is 5.95 Å². The molecule has 0 aliphatic heterocycles. The number of aliphatic hydroxyl groups excluding tert-OH is 1. The summed E-state index contributed by atoms with van der Waals surface area (Å²) in [5, 5.41) is 9.80. The fraction of sp³-hybridized carbons (Fsp3) is 0.636. The number of hydrogen-bond acceptors (Lipinski definition) is 4. The van der Waals surface area contributed by atoms with Crippen LogP contribution in [0.25, 0.3) is 0 Å². The predicted octanol–water partition coefficient (Wildman–Crippen LogP) is 0.856. The van der Waals surface area contributed by atoms with Gasteiger partial charge in [0, 0.05) is 32.4 Å². The molecule has 1 aliphatic carbocycles. The van der Waals surface area contributed by atoms with Crippen LogP contribution in [0, 0.1) is 5.92 Å². The van der Waals surface area contributed by atoms with Crippen molar-refractivity contribution in [2.24, 2.45) is 5.92 Å². The van der Waals surface area contributed by atoms with Crippen LogP contribution in [0.15, 0.2) is 12.3 Å². The van der Waals surface area contributed by atoms with Gasteiger partial charge < -0.3 is 10.0 Å². The monoisotopic (exact) mass is 207 g/mol. The van der Waals surface area contributed by atoms with E-state index in [0.717, 1.165) is 18.5 Å². The van der Waals surface area contributed by atoms with Crippen LogP contribution in [0.5, 0.6) is 0 Å². The van der Waals surface area contributed by atoms with Gasteiger partial charge in [-0.15, -0.1) is 0 Å². The number of nitrogens with zero attached hydrogens (tertiary/aromatic N) is 3. The molecule has 4 nitrogen and oxygen atoms in total. The van der Waals surface area contributed by atoms with Crippen LogP contribution in [0.1, 0.15) is 18.5 Å². The van der Waals surface area contributed by atoms with Crippen molar-refractivity contribution in [2.75, 3.05) is 19.0 Å². The van der Waals surface area contributed by atoms with Gasteiger partial charge in [-0.3, -0.25) is 0 Å². The SMILES string of the molecule is CN(C)c1nccc(CC(O)C2CC2)n1. The zero-order valence-electron chi connectivity index (χ0n) is 9.22. The minimum atomic E-state index is -0.227. The first-order valence-corrected chi connectivity index (χ1v) is 5.34. The molecule has 0 radical (unpaired) electrons. The highest BCUT2D eigenvalue weighted by molar-refractivity contribution is 5.27. The largest absolute Gasteiger partial charge is 0.392 e. The smallest absolute Gasteiger partial charge is 0.224 e. The summed E-state index contributed by atoms with van der Waals surface area (Å²) in [5.74, 6) is 1.21. The third-order valence-electron chi connectivity index (χ3n) is 2.68. The van der Waals surface area contributed by atoms with Crippen molar-refractivity contribution < 1.29 is 5.11 Å². The van der Waals surface area contributed by atoms with E-state index in [0.29, 0.717) is 18.3 Å². The van der Waals surface area contributed by atoms with Crippen molar-refractivity contribution in [3.63, 3.8) is 0 Å². The van der Waals surface area contributed by atoms with Crippen LogP contribution >= 0.6 is 0 Å². The summed E-state index contributed by atoms with van der Waals surface area (Å²) in [5.41, 5.74) is 0.924. The average molecular weight is 207 g/mol. The first-order chi connectivity index (χ1) is 7.16. The molecule has 1 saturated carbocycles. The van der Waals surface area contributed by atoms with Gasteiger partial charge in [-0.05, 0) is 24.8 Å². The van der Waals surface area contributed by atoms with E-state index in [1.165, 1.54) is 0 Å². The Morgan fingerprint density at radius 1 is 1.53 bits per heavy atom. The van der Waals surface area contributed by atoms with E-state index >= 15 is 0 Å². The molecule has 1 heterocycles. The molecule has 1 aromatic heterocycles. The van der Waals surface area contributed by atoms with Crippen molar-refractivity contribution in [3.05, 3.63) is 18.0 Å². The van der Waals surface area contributed by atoms with E-state index in [9.17, 15) is 5.11 Å². The highest BCUT2D eigenvalue weighted by atomic mass is 16.3. The Morgan fingerprint density at radius 3 is 2.87 bits per heavy atom. The molecular formula is C11H17N3O. The lowest BCUT2D eigenvalue weighted by Gasteiger charge is -2.12. The molecule has 1 unspecified atom stereocenters. The van der Waals surface area contributed by atoms with Crippen LogP contribution in [-0.4, -0.2) is 35.3 Å². The molecule has 2 rings (SSSR count). The maximum Gasteiger partial charge on any atom is 0.224 e. The molecule has 15 heavy (non-hydrogen) atoms. The Bertz CT molecular complexity index is 336. The second-order valence-corrected chi connectivity index (χ2v) is 4.35. The van der Waals surface area contributed by atoms with Gasteiger partial charge in [0.25, 0.3) is 0 Å². The Balaban J connectivity index is 2.03. The summed E-state index contributed by atoms with van der Waals surface area (Å²) in [6, 6.07) is 1.87. The molecule has 1 aromatic rings. The lowest BCUT2D eigenvalue weighted by atomic mass is 10.1. The third kappa shape index (κ3) is 2.65. The summed E-state index contributed by atoms with van der Waals surface area (Å²) < 4.78 is 0. The van der Waals surface area contributed by atoms with E-state index in [-0.39, 0.29) is 6.10 Å². The zero-order chi connectivity index (χ0) is 10.8. The van der Waals surface area contributed by atoms with E-state index in [4.69, 9.17) is 0 Å². The molecule has 0 amide bonds. The zero-order valence-corrected chi connectivity index (χ0v) is 9.22. The molecule has 1 atom stereocenters. The summed E-state index contributed by atoms with van der Waals surface area (Å²) in [7, 11) is 3.83. The Morgan fingerprint density at radius 2 is 2.27 bits per heavy atom. The number of aliphatic hydroxyl groups is 1. The summed E-state index contributed by atoms with van der Waals surface area (Å²) in [6.07, 6.45) is 4.49. The van der Waals surface area contributed by atoms with Crippen molar-refractivity contribution in [3.8, 4) is 0 Å². The third-order valence-corrected chi connectivity index (χ3v) is 2.68. The van der Waals surface area contributed by atoms with E-state index in [2.05, 4.69) is 9.97 Å². The molecule has 4 heteroatoms. The van der Waals surface area contributed by atoms with Crippen LogP contribution in [0.2, 0.25) is 0 Å². The summed E-state index contributed by atoms with van der Waals surface area (Å²) in [4.78, 5) is 10.4. The van der Waals surface area contributed by atoms with Gasteiger partial charge in [0.05, 0.1) is 6.10 Å². The quantitative estimate of drug-likeness (QED) is 0.795. The maximum absolute atomic E-state index is 9.80. The second kappa shape index (κ2) is 4.14. The van der Waals surface area contributed by atoms with Crippen molar-refractivity contribution in [1.29, 1.82) is 0 Å². The standard InChI is InChI=1S/C11H17N3O/c1-14(2)11-12-6-5-9(13-11)7-10(15)8-3-4-8/h5-6,8,10,15H,3-4,7H2,1-2H3. The van der Waals surface area contributed by atoms with Gasteiger partial charge in [0.2, 0.25) is 5.95 Å².